The second kappa shape index (κ2) is 11.4. The molecule has 0 atom stereocenters. The highest BCUT2D eigenvalue weighted by Gasteiger charge is 2.41. The van der Waals surface area contributed by atoms with Crippen LogP contribution in [0, 0.1) is 0 Å². The van der Waals surface area contributed by atoms with Crippen LogP contribution in [-0.2, 0) is 28.6 Å². The molecule has 0 spiro atoms. The van der Waals surface area contributed by atoms with Gasteiger partial charge in [0, 0.05) is 13.1 Å². The van der Waals surface area contributed by atoms with Gasteiger partial charge in [0.1, 0.15) is 5.60 Å². The molecule has 0 fully saturated rings. The molecule has 1 rings (SSSR count). The maximum Gasteiger partial charge on any atom is 0.473 e. The zero-order valence-corrected chi connectivity index (χ0v) is 23.2. The van der Waals surface area contributed by atoms with Crippen LogP contribution in [0.4, 0.5) is 0 Å². The topological polar surface area (TPSA) is 126 Å². The Hall–Kier alpha value is -2.33. The lowest BCUT2D eigenvalue weighted by atomic mass is 10.2. The van der Waals surface area contributed by atoms with Gasteiger partial charge < -0.3 is 19.6 Å². The van der Waals surface area contributed by atoms with Crippen LogP contribution >= 0.6 is 0 Å². The summed E-state index contributed by atoms with van der Waals surface area (Å²) in [7, 11) is -6.51. The maximum atomic E-state index is 13.2. The number of amides is 1. The molecule has 1 aromatic carbocycles. The van der Waals surface area contributed by atoms with Crippen molar-refractivity contribution in [1.82, 2.24) is 4.90 Å². The van der Waals surface area contributed by atoms with E-state index in [-0.39, 0.29) is 36.1 Å². The van der Waals surface area contributed by atoms with Gasteiger partial charge in [-0.25, -0.2) is 8.42 Å². The Bertz CT molecular complexity index is 1020. The monoisotopic (exact) mass is 511 g/mol. The average Bonchev–Trinajstić information content (AvgIpc) is 2.69. The maximum absolute atomic E-state index is 13.2. The van der Waals surface area contributed by atoms with Gasteiger partial charge in [0.2, 0.25) is 0 Å². The van der Waals surface area contributed by atoms with E-state index in [4.69, 9.17) is 9.16 Å². The largest absolute Gasteiger partial charge is 0.473 e. The van der Waals surface area contributed by atoms with Crippen molar-refractivity contribution in [2.24, 2.45) is 0 Å². The number of esters is 1. The van der Waals surface area contributed by atoms with E-state index in [0.717, 1.165) is 4.90 Å². The van der Waals surface area contributed by atoms with Gasteiger partial charge in [0.25, 0.3) is 9.84 Å². The van der Waals surface area contributed by atoms with E-state index in [1.165, 1.54) is 24.3 Å². The summed E-state index contributed by atoms with van der Waals surface area (Å²) in [4.78, 5) is 29.2. The summed E-state index contributed by atoms with van der Waals surface area (Å²) in [5.41, 5.74) is 8.78. The molecule has 0 heterocycles. The molecule has 0 saturated heterocycles. The van der Waals surface area contributed by atoms with E-state index < -0.39 is 40.7 Å². The van der Waals surface area contributed by atoms with Gasteiger partial charge in [-0.05, 0) is 51.0 Å². The summed E-state index contributed by atoms with van der Waals surface area (Å²) in [6.07, 6.45) is -0.160. The van der Waals surface area contributed by atoms with Crippen molar-refractivity contribution in [2.45, 2.75) is 76.6 Å². The van der Waals surface area contributed by atoms with Crippen molar-refractivity contribution in [3.8, 4) is 0 Å². The average molecular weight is 512 g/mol. The molecule has 34 heavy (non-hydrogen) atoms. The van der Waals surface area contributed by atoms with E-state index in [2.05, 4.69) is 38.7 Å². The summed E-state index contributed by atoms with van der Waals surface area (Å²) in [5.74, 6) is -1.56. The number of hydrogen-bond donors (Lipinski definition) is 0. The van der Waals surface area contributed by atoms with Crippen molar-refractivity contribution < 1.29 is 32.0 Å². The van der Waals surface area contributed by atoms with Gasteiger partial charge in [-0.15, -0.1) is 4.79 Å². The van der Waals surface area contributed by atoms with E-state index in [0.29, 0.717) is 0 Å². The van der Waals surface area contributed by atoms with E-state index in [9.17, 15) is 23.5 Å². The number of nitrogens with zero attached hydrogens (tertiary/aromatic N) is 3. The van der Waals surface area contributed by atoms with Crippen molar-refractivity contribution in [2.75, 3.05) is 19.7 Å². The predicted octanol–water partition coefficient (Wildman–Crippen LogP) is 3.67. The lowest BCUT2D eigenvalue weighted by molar-refractivity contribution is -0.155. The third-order valence-corrected chi connectivity index (χ3v) is 11.7. The van der Waals surface area contributed by atoms with Crippen molar-refractivity contribution in [1.29, 1.82) is 0 Å². The molecule has 1 aromatic rings. The second-order valence-corrected chi connectivity index (χ2v) is 17.1. The minimum atomic E-state index is -4.38. The first kappa shape index (κ1) is 29.7. The van der Waals surface area contributed by atoms with Crippen LogP contribution in [0.15, 0.2) is 35.2 Å². The van der Waals surface area contributed by atoms with Gasteiger partial charge in [-0.2, -0.15) is 0 Å². The van der Waals surface area contributed by atoms with E-state index >= 15 is 0 Å². The smallest absolute Gasteiger partial charge is 0.460 e. The zero-order valence-electron chi connectivity index (χ0n) is 21.4. The molecule has 0 N–H and O–H groups in total. The SMILES string of the molecule is CC(C)(C)OC(=O)CCN(CCO[Si](C)(C)C(C)(C)C)C(=O)C(=[N+]=[N-])S(=O)(=O)c1ccccc1. The van der Waals surface area contributed by atoms with Crippen molar-refractivity contribution in [3.63, 3.8) is 0 Å². The normalized spacial score (nSPS) is 12.6. The standard InChI is InChI=1S/C23H37N3O6SSi/c1-22(2,3)32-19(27)14-15-26(16-17-31-34(7,8)23(4,5)6)21(28)20(25-24)33(29,30)18-12-10-9-11-13-18/h9-13H,14-17H2,1-8H3. The van der Waals surface area contributed by atoms with E-state index in [1.807, 2.05) is 0 Å². The minimum Gasteiger partial charge on any atom is -0.460 e. The zero-order chi connectivity index (χ0) is 26.4. The van der Waals surface area contributed by atoms with Crippen LogP contribution in [0.1, 0.15) is 48.0 Å². The first-order valence-corrected chi connectivity index (χ1v) is 15.5. The Morgan fingerprint density at radius 2 is 1.59 bits per heavy atom. The fourth-order valence-corrected chi connectivity index (χ4v) is 4.86. The Morgan fingerprint density at radius 3 is 2.06 bits per heavy atom. The van der Waals surface area contributed by atoms with Gasteiger partial charge in [-0.3, -0.25) is 9.59 Å². The van der Waals surface area contributed by atoms with Crippen LogP contribution < -0.4 is 0 Å². The molecule has 0 saturated carbocycles. The second-order valence-electron chi connectivity index (χ2n) is 10.5. The number of carbonyl (C=O) groups is 2. The molecule has 0 aliphatic rings. The molecular formula is C23H37N3O6SSi. The third-order valence-electron chi connectivity index (χ3n) is 5.51. The summed E-state index contributed by atoms with van der Waals surface area (Å²) in [6, 6.07) is 7.24. The molecule has 0 aliphatic heterocycles. The highest BCUT2D eigenvalue weighted by Crippen LogP contribution is 2.36. The molecule has 190 valence electrons. The number of rotatable bonds is 8. The van der Waals surface area contributed by atoms with Crippen molar-refractivity contribution in [3.05, 3.63) is 35.9 Å². The third kappa shape index (κ3) is 8.46. The number of sulfone groups is 1. The summed E-state index contributed by atoms with van der Waals surface area (Å²) < 4.78 is 37.3. The van der Waals surface area contributed by atoms with Crippen LogP contribution in [0.3, 0.4) is 0 Å². The van der Waals surface area contributed by atoms with Crippen LogP contribution in [0.2, 0.25) is 18.1 Å². The molecule has 9 nitrogen and oxygen atoms in total. The van der Waals surface area contributed by atoms with Crippen LogP contribution in [0.5, 0.6) is 0 Å². The van der Waals surface area contributed by atoms with Crippen molar-refractivity contribution >= 4 is 35.1 Å². The highest BCUT2D eigenvalue weighted by atomic mass is 32.2. The minimum absolute atomic E-state index is 0.0114. The van der Waals surface area contributed by atoms with Gasteiger partial charge in [0.15, 0.2) is 8.32 Å². The number of carbonyl (C=O) groups excluding carboxylic acids is 2. The fourth-order valence-electron chi connectivity index (χ4n) is 2.62. The van der Waals surface area contributed by atoms with Gasteiger partial charge in [0.05, 0.1) is 17.9 Å². The summed E-state index contributed by atoms with van der Waals surface area (Å²) in [6.45, 7) is 15.5. The Kier molecular flexibility index (Phi) is 9.95. The fraction of sp³-hybridized carbons (Fsp3) is 0.609. The molecule has 11 heteroatoms. The van der Waals surface area contributed by atoms with Gasteiger partial charge in [-0.1, -0.05) is 39.0 Å². The number of ether oxygens (including phenoxy) is 1. The summed E-state index contributed by atoms with van der Waals surface area (Å²) in [5, 5.41) is -1.08. The Morgan fingerprint density at radius 1 is 1.03 bits per heavy atom. The molecular weight excluding hydrogens is 474 g/mol. The summed E-state index contributed by atoms with van der Waals surface area (Å²) >= 11 is 0. The predicted molar refractivity (Wildman–Crippen MR) is 132 cm³/mol. The highest BCUT2D eigenvalue weighted by molar-refractivity contribution is 8.08. The van der Waals surface area contributed by atoms with Crippen LogP contribution in [-0.4, -0.2) is 68.6 Å². The van der Waals surface area contributed by atoms with E-state index in [1.54, 1.807) is 26.8 Å². The lowest BCUT2D eigenvalue weighted by Crippen LogP contribution is -2.46. The molecule has 0 aromatic heterocycles. The molecule has 1 amide bonds. The lowest BCUT2D eigenvalue weighted by Gasteiger charge is -2.36. The first-order chi connectivity index (χ1) is 15.4. The molecule has 0 unspecified atom stereocenters. The van der Waals surface area contributed by atoms with Gasteiger partial charge >= 0.3 is 16.9 Å². The Balaban J connectivity index is 3.15. The number of benzene rings is 1. The first-order valence-electron chi connectivity index (χ1n) is 11.1. The molecule has 0 aliphatic carbocycles. The molecule has 0 bridgehead atoms. The van der Waals surface area contributed by atoms with Crippen LogP contribution in [0.25, 0.3) is 5.53 Å². The Labute approximate surface area is 204 Å². The quantitative estimate of drug-likeness (QED) is 0.131. The molecule has 0 radical (unpaired) electrons. The number of hydrogen-bond acceptors (Lipinski definition) is 6.